The molecule has 2 heterocycles. The lowest BCUT2D eigenvalue weighted by molar-refractivity contribution is 0.0165. The number of hydrogen-bond donors (Lipinski definition) is 2. The summed E-state index contributed by atoms with van der Waals surface area (Å²) in [5.41, 5.74) is 7.67. The molecule has 0 radical (unpaired) electrons. The topological polar surface area (TPSA) is 108 Å². The predicted molar refractivity (Wildman–Crippen MR) is 125 cm³/mol. The van der Waals surface area contributed by atoms with Crippen molar-refractivity contribution < 1.29 is 4.74 Å². The minimum atomic E-state index is 0.0550. The Hall–Kier alpha value is -2.14. The molecule has 4 rings (SSSR count). The molecule has 3 N–H and O–H groups in total. The van der Waals surface area contributed by atoms with E-state index in [-0.39, 0.29) is 24.2 Å². The number of methoxy groups -OCH3 is 1. The summed E-state index contributed by atoms with van der Waals surface area (Å²) in [6, 6.07) is 2.57. The van der Waals surface area contributed by atoms with E-state index in [1.165, 1.54) is 0 Å². The van der Waals surface area contributed by atoms with Crippen LogP contribution < -0.4 is 16.1 Å². The first-order valence-electron chi connectivity index (χ1n) is 11.6. The maximum Gasteiger partial charge on any atom is 0.156 e. The van der Waals surface area contributed by atoms with Crippen molar-refractivity contribution in [1.82, 2.24) is 19.8 Å². The van der Waals surface area contributed by atoms with Crippen LogP contribution in [0.5, 0.6) is 0 Å². The number of hydrogen-bond acceptors (Lipinski definition) is 10. The van der Waals surface area contributed by atoms with Gasteiger partial charge in [0.05, 0.1) is 23.9 Å². The van der Waals surface area contributed by atoms with E-state index in [9.17, 15) is 0 Å². The van der Waals surface area contributed by atoms with Crippen LogP contribution in [0.3, 0.4) is 0 Å². The fraction of sp³-hybridized carbons (Fsp3) is 0.727. The molecule has 10 nitrogen and oxygen atoms in total. The fourth-order valence-electron chi connectivity index (χ4n) is 4.93. The highest BCUT2D eigenvalue weighted by Crippen LogP contribution is 2.34. The first kappa shape index (κ1) is 23.0. The molecule has 2 aliphatic carbocycles. The number of likely N-dealkylation sites (N-methyl/N-ethyl adjacent to an activating group) is 2. The molecule has 3 aliphatic rings. The van der Waals surface area contributed by atoms with E-state index >= 15 is 0 Å². The van der Waals surface area contributed by atoms with Gasteiger partial charge in [-0.05, 0) is 53.2 Å². The summed E-state index contributed by atoms with van der Waals surface area (Å²) in [4.78, 5) is 13.5. The number of rotatable bonds is 8. The van der Waals surface area contributed by atoms with Crippen molar-refractivity contribution in [2.24, 2.45) is 16.1 Å². The Morgan fingerprint density at radius 2 is 2.06 bits per heavy atom. The zero-order valence-electron chi connectivity index (χ0n) is 19.7. The zero-order valence-corrected chi connectivity index (χ0v) is 19.7. The SMILES string of the molecule is COC1CC(N(C)CCN(C)C)C(N)CC1Nc1cc(N2N=NC3=CCCCC32)ncn1. The van der Waals surface area contributed by atoms with Gasteiger partial charge in [-0.3, -0.25) is 0 Å². The van der Waals surface area contributed by atoms with Crippen LogP contribution in [0.25, 0.3) is 0 Å². The van der Waals surface area contributed by atoms with Gasteiger partial charge in [-0.1, -0.05) is 11.3 Å². The Kier molecular flexibility index (Phi) is 7.34. The molecule has 1 aromatic heterocycles. The zero-order chi connectivity index (χ0) is 22.7. The summed E-state index contributed by atoms with van der Waals surface area (Å²) in [6.07, 6.45) is 8.77. The Balaban J connectivity index is 1.42. The van der Waals surface area contributed by atoms with Crippen molar-refractivity contribution in [3.63, 3.8) is 0 Å². The van der Waals surface area contributed by atoms with Gasteiger partial charge < -0.3 is 25.6 Å². The minimum Gasteiger partial charge on any atom is -0.379 e. The van der Waals surface area contributed by atoms with Crippen LogP contribution in [0.1, 0.15) is 32.1 Å². The van der Waals surface area contributed by atoms with Crippen LogP contribution in [-0.2, 0) is 4.74 Å². The quantitative estimate of drug-likeness (QED) is 0.627. The average Bonchev–Trinajstić information content (AvgIpc) is 3.22. The van der Waals surface area contributed by atoms with Crippen LogP contribution in [0, 0.1) is 0 Å². The molecule has 0 saturated heterocycles. The fourth-order valence-corrected chi connectivity index (χ4v) is 4.93. The van der Waals surface area contributed by atoms with Gasteiger partial charge in [0.1, 0.15) is 12.1 Å². The molecule has 32 heavy (non-hydrogen) atoms. The van der Waals surface area contributed by atoms with Crippen molar-refractivity contribution in [3.05, 3.63) is 24.2 Å². The van der Waals surface area contributed by atoms with Crippen molar-refractivity contribution in [1.29, 1.82) is 0 Å². The molecule has 1 saturated carbocycles. The maximum absolute atomic E-state index is 6.62. The second kappa shape index (κ2) is 10.2. The van der Waals surface area contributed by atoms with Gasteiger partial charge in [-0.25, -0.2) is 15.0 Å². The summed E-state index contributed by atoms with van der Waals surface area (Å²) in [5.74, 6) is 1.52. The van der Waals surface area contributed by atoms with Gasteiger partial charge >= 0.3 is 0 Å². The highest BCUT2D eigenvalue weighted by Gasteiger charge is 2.38. The monoisotopic (exact) mass is 443 g/mol. The molecule has 0 aromatic carbocycles. The lowest BCUT2D eigenvalue weighted by Gasteiger charge is -2.43. The van der Waals surface area contributed by atoms with Crippen LogP contribution >= 0.6 is 0 Å². The van der Waals surface area contributed by atoms with Crippen molar-refractivity contribution in [2.75, 3.05) is 51.7 Å². The highest BCUT2D eigenvalue weighted by molar-refractivity contribution is 5.51. The molecule has 5 unspecified atom stereocenters. The Bertz CT molecular complexity index is 829. The van der Waals surface area contributed by atoms with Crippen LogP contribution in [-0.4, -0.2) is 91.4 Å². The van der Waals surface area contributed by atoms with E-state index in [1.807, 2.05) is 11.1 Å². The smallest absolute Gasteiger partial charge is 0.156 e. The normalized spacial score (nSPS) is 30.0. The maximum atomic E-state index is 6.62. The van der Waals surface area contributed by atoms with Crippen molar-refractivity contribution in [3.8, 4) is 0 Å². The second-order valence-corrected chi connectivity index (χ2v) is 9.38. The van der Waals surface area contributed by atoms with Gasteiger partial charge in [-0.15, -0.1) is 5.11 Å². The number of nitrogens with two attached hydrogens (primary N) is 1. The predicted octanol–water partition coefficient (Wildman–Crippen LogP) is 1.88. The van der Waals surface area contributed by atoms with E-state index in [1.54, 1.807) is 13.4 Å². The van der Waals surface area contributed by atoms with E-state index in [2.05, 4.69) is 62.6 Å². The molecule has 1 fully saturated rings. The van der Waals surface area contributed by atoms with Crippen LogP contribution in [0.2, 0.25) is 0 Å². The van der Waals surface area contributed by atoms with E-state index < -0.39 is 0 Å². The van der Waals surface area contributed by atoms with Crippen molar-refractivity contribution in [2.45, 2.75) is 62.4 Å². The molecular formula is C22H37N9O. The number of allylic oxidation sites excluding steroid dienone is 1. The first-order valence-corrected chi connectivity index (χ1v) is 11.6. The Labute approximate surface area is 190 Å². The third-order valence-corrected chi connectivity index (χ3v) is 6.86. The average molecular weight is 444 g/mol. The first-order chi connectivity index (χ1) is 15.5. The van der Waals surface area contributed by atoms with Gasteiger partial charge in [-0.2, -0.15) is 0 Å². The van der Waals surface area contributed by atoms with Crippen molar-refractivity contribution >= 4 is 11.6 Å². The molecule has 0 spiro atoms. The van der Waals surface area contributed by atoms with Gasteiger partial charge in [0, 0.05) is 38.3 Å². The van der Waals surface area contributed by atoms with Gasteiger partial charge in [0.2, 0.25) is 0 Å². The third kappa shape index (κ3) is 5.09. The molecule has 176 valence electrons. The number of nitrogens with zero attached hydrogens (tertiary/aromatic N) is 7. The Morgan fingerprint density at radius 1 is 1.22 bits per heavy atom. The molecular weight excluding hydrogens is 406 g/mol. The number of aromatic nitrogens is 2. The van der Waals surface area contributed by atoms with Crippen LogP contribution in [0.4, 0.5) is 11.6 Å². The number of anilines is 2. The minimum absolute atomic E-state index is 0.0550. The highest BCUT2D eigenvalue weighted by atomic mass is 16.5. The third-order valence-electron chi connectivity index (χ3n) is 6.86. The summed E-state index contributed by atoms with van der Waals surface area (Å²) in [6.45, 7) is 1.99. The number of fused-ring (bicyclic) bond motifs is 1. The lowest BCUT2D eigenvalue weighted by Crippen LogP contribution is -2.58. The van der Waals surface area contributed by atoms with Gasteiger partial charge in [0.15, 0.2) is 5.82 Å². The lowest BCUT2D eigenvalue weighted by atomic mass is 9.84. The Morgan fingerprint density at radius 3 is 2.84 bits per heavy atom. The molecule has 0 amide bonds. The van der Waals surface area contributed by atoms with E-state index in [0.717, 1.165) is 62.5 Å². The number of nitrogens with one attached hydrogen (secondary N) is 1. The molecule has 5 atom stereocenters. The molecule has 1 aliphatic heterocycles. The summed E-state index contributed by atoms with van der Waals surface area (Å²) in [5, 5.41) is 14.2. The molecule has 0 bridgehead atoms. The van der Waals surface area contributed by atoms with E-state index in [0.29, 0.717) is 6.04 Å². The largest absolute Gasteiger partial charge is 0.379 e. The van der Waals surface area contributed by atoms with E-state index in [4.69, 9.17) is 10.5 Å². The van der Waals surface area contributed by atoms with Crippen LogP contribution in [0.15, 0.2) is 34.5 Å². The summed E-state index contributed by atoms with van der Waals surface area (Å²) >= 11 is 0. The summed E-state index contributed by atoms with van der Waals surface area (Å²) in [7, 11) is 8.12. The second-order valence-electron chi connectivity index (χ2n) is 9.38. The summed E-state index contributed by atoms with van der Waals surface area (Å²) < 4.78 is 5.88. The molecule has 1 aromatic rings. The number of ether oxygens (including phenoxy) is 1. The standard InChI is InChI=1S/C22H37N9O/c1-29(2)9-10-30(3)19-12-20(32-4)17(11-15(19)23)26-21-13-22(25-14-24-21)31-18-8-6-5-7-16(18)27-28-31/h7,13-15,17-20H,5-6,8-12,23H2,1-4H3,(H,24,25,26). The molecule has 10 heteroatoms. The van der Waals surface area contributed by atoms with Gasteiger partial charge in [0.25, 0.3) is 0 Å².